The molecule has 0 bridgehead atoms. The van der Waals surface area contributed by atoms with Crippen molar-refractivity contribution in [3.63, 3.8) is 0 Å². The molecular formula is C13H21N3O. The highest BCUT2D eigenvalue weighted by atomic mass is 16.2. The van der Waals surface area contributed by atoms with Crippen LogP contribution in [0.1, 0.15) is 25.0 Å². The van der Waals surface area contributed by atoms with Crippen LogP contribution in [0.2, 0.25) is 0 Å². The van der Waals surface area contributed by atoms with Gasteiger partial charge in [0, 0.05) is 26.2 Å². The summed E-state index contributed by atoms with van der Waals surface area (Å²) in [7, 11) is 0. The molecule has 2 amide bonds. The first kappa shape index (κ1) is 13.5. The monoisotopic (exact) mass is 235 g/mol. The number of nitrogens with zero attached hydrogens (tertiary/aromatic N) is 1. The zero-order valence-corrected chi connectivity index (χ0v) is 10.6. The minimum atomic E-state index is -0.0158. The van der Waals surface area contributed by atoms with Gasteiger partial charge in [-0.25, -0.2) is 4.79 Å². The standard InChI is InChI=1S/C13H21N3O/c1-3-16(4-2)13(17)15-10-12-7-5-11(9-14)6-8-12/h5-8H,3-4,9-10,14H2,1-2H3,(H,15,17). The number of hydrogen-bond donors (Lipinski definition) is 2. The van der Waals surface area contributed by atoms with Gasteiger partial charge in [-0.1, -0.05) is 24.3 Å². The van der Waals surface area contributed by atoms with Gasteiger partial charge >= 0.3 is 6.03 Å². The Morgan fingerprint density at radius 3 is 2.18 bits per heavy atom. The summed E-state index contributed by atoms with van der Waals surface area (Å²) >= 11 is 0. The van der Waals surface area contributed by atoms with Crippen LogP contribution in [0.3, 0.4) is 0 Å². The van der Waals surface area contributed by atoms with Crippen molar-refractivity contribution in [1.82, 2.24) is 10.2 Å². The van der Waals surface area contributed by atoms with Gasteiger partial charge in [0.25, 0.3) is 0 Å². The first-order valence-corrected chi connectivity index (χ1v) is 6.01. The van der Waals surface area contributed by atoms with E-state index in [1.807, 2.05) is 38.1 Å². The normalized spacial score (nSPS) is 10.1. The maximum atomic E-state index is 11.7. The Bertz CT molecular complexity index is 344. The van der Waals surface area contributed by atoms with Crippen LogP contribution >= 0.6 is 0 Å². The van der Waals surface area contributed by atoms with Crippen LogP contribution in [0, 0.1) is 0 Å². The third-order valence-electron chi connectivity index (χ3n) is 2.75. The van der Waals surface area contributed by atoms with Crippen molar-refractivity contribution >= 4 is 6.03 Å². The molecule has 3 N–H and O–H groups in total. The van der Waals surface area contributed by atoms with Gasteiger partial charge in [-0.3, -0.25) is 0 Å². The quantitative estimate of drug-likeness (QED) is 0.816. The van der Waals surface area contributed by atoms with Gasteiger partial charge in [-0.05, 0) is 25.0 Å². The lowest BCUT2D eigenvalue weighted by Crippen LogP contribution is -2.39. The van der Waals surface area contributed by atoms with Crippen LogP contribution < -0.4 is 11.1 Å². The molecule has 0 saturated heterocycles. The molecule has 4 heteroatoms. The van der Waals surface area contributed by atoms with E-state index in [9.17, 15) is 4.79 Å². The highest BCUT2D eigenvalue weighted by Crippen LogP contribution is 2.03. The van der Waals surface area contributed by atoms with Crippen molar-refractivity contribution in [2.75, 3.05) is 13.1 Å². The van der Waals surface area contributed by atoms with Crippen molar-refractivity contribution in [3.8, 4) is 0 Å². The van der Waals surface area contributed by atoms with Gasteiger partial charge in [0.2, 0.25) is 0 Å². The Labute approximate surface area is 103 Å². The van der Waals surface area contributed by atoms with E-state index < -0.39 is 0 Å². The van der Waals surface area contributed by atoms with E-state index in [-0.39, 0.29) is 6.03 Å². The third kappa shape index (κ3) is 4.07. The molecule has 0 atom stereocenters. The second-order valence-electron chi connectivity index (χ2n) is 3.85. The number of benzene rings is 1. The molecule has 94 valence electrons. The molecule has 0 heterocycles. The van der Waals surface area contributed by atoms with E-state index >= 15 is 0 Å². The average Bonchev–Trinajstić information content (AvgIpc) is 2.38. The molecule has 0 unspecified atom stereocenters. The van der Waals surface area contributed by atoms with Crippen LogP contribution in [0.4, 0.5) is 4.79 Å². The molecule has 0 aromatic heterocycles. The number of amides is 2. The summed E-state index contributed by atoms with van der Waals surface area (Å²) in [5, 5.41) is 2.89. The summed E-state index contributed by atoms with van der Waals surface area (Å²) in [6.45, 7) is 6.51. The van der Waals surface area contributed by atoms with Crippen LogP contribution in [0.15, 0.2) is 24.3 Å². The van der Waals surface area contributed by atoms with Crippen molar-refractivity contribution in [3.05, 3.63) is 35.4 Å². The molecule has 0 spiro atoms. The van der Waals surface area contributed by atoms with Crippen LogP contribution in [-0.4, -0.2) is 24.0 Å². The van der Waals surface area contributed by atoms with E-state index in [1.165, 1.54) is 0 Å². The van der Waals surface area contributed by atoms with Crippen molar-refractivity contribution < 1.29 is 4.79 Å². The number of urea groups is 1. The average molecular weight is 235 g/mol. The zero-order chi connectivity index (χ0) is 12.7. The van der Waals surface area contributed by atoms with Crippen LogP contribution in [-0.2, 0) is 13.1 Å². The summed E-state index contributed by atoms with van der Waals surface area (Å²) in [5.41, 5.74) is 7.71. The Morgan fingerprint density at radius 2 is 1.71 bits per heavy atom. The highest BCUT2D eigenvalue weighted by molar-refractivity contribution is 5.74. The number of rotatable bonds is 5. The summed E-state index contributed by atoms with van der Waals surface area (Å²) < 4.78 is 0. The van der Waals surface area contributed by atoms with Gasteiger partial charge in [0.05, 0.1) is 0 Å². The van der Waals surface area contributed by atoms with E-state index in [0.29, 0.717) is 13.1 Å². The lowest BCUT2D eigenvalue weighted by atomic mass is 10.1. The second kappa shape index (κ2) is 6.91. The fraction of sp³-hybridized carbons (Fsp3) is 0.462. The number of carbonyl (C=O) groups excluding carboxylic acids is 1. The molecule has 0 radical (unpaired) electrons. The minimum Gasteiger partial charge on any atom is -0.334 e. The molecule has 4 nitrogen and oxygen atoms in total. The molecule has 1 rings (SSSR count). The first-order valence-electron chi connectivity index (χ1n) is 6.01. The molecule has 0 fully saturated rings. The van der Waals surface area contributed by atoms with Gasteiger partial charge in [-0.2, -0.15) is 0 Å². The van der Waals surface area contributed by atoms with Crippen molar-refractivity contribution in [1.29, 1.82) is 0 Å². The predicted molar refractivity (Wildman–Crippen MR) is 69.5 cm³/mol. The molecule has 1 aromatic rings. The lowest BCUT2D eigenvalue weighted by molar-refractivity contribution is 0.203. The summed E-state index contributed by atoms with van der Waals surface area (Å²) in [6.07, 6.45) is 0. The molecule has 0 aliphatic carbocycles. The summed E-state index contributed by atoms with van der Waals surface area (Å²) in [6, 6.07) is 7.94. The van der Waals surface area contributed by atoms with Crippen molar-refractivity contribution in [2.24, 2.45) is 5.73 Å². The Morgan fingerprint density at radius 1 is 1.18 bits per heavy atom. The van der Waals surface area contributed by atoms with Gasteiger partial charge < -0.3 is 16.0 Å². The van der Waals surface area contributed by atoms with Crippen LogP contribution in [0.25, 0.3) is 0 Å². The molecule has 0 aliphatic rings. The minimum absolute atomic E-state index is 0.0158. The molecule has 1 aromatic carbocycles. The number of nitrogens with one attached hydrogen (secondary N) is 1. The van der Waals surface area contributed by atoms with Gasteiger partial charge in [0.1, 0.15) is 0 Å². The van der Waals surface area contributed by atoms with E-state index in [2.05, 4.69) is 5.32 Å². The largest absolute Gasteiger partial charge is 0.334 e. The van der Waals surface area contributed by atoms with Gasteiger partial charge in [-0.15, -0.1) is 0 Å². The smallest absolute Gasteiger partial charge is 0.317 e. The lowest BCUT2D eigenvalue weighted by Gasteiger charge is -2.19. The topological polar surface area (TPSA) is 58.4 Å². The summed E-state index contributed by atoms with van der Waals surface area (Å²) in [4.78, 5) is 13.5. The van der Waals surface area contributed by atoms with Crippen molar-refractivity contribution in [2.45, 2.75) is 26.9 Å². The number of carbonyl (C=O) groups is 1. The number of hydrogen-bond acceptors (Lipinski definition) is 2. The maximum Gasteiger partial charge on any atom is 0.317 e. The zero-order valence-electron chi connectivity index (χ0n) is 10.6. The fourth-order valence-electron chi connectivity index (χ4n) is 1.59. The van der Waals surface area contributed by atoms with E-state index in [1.54, 1.807) is 4.90 Å². The molecule has 17 heavy (non-hydrogen) atoms. The predicted octanol–water partition coefficient (Wildman–Crippen LogP) is 1.70. The van der Waals surface area contributed by atoms with E-state index in [4.69, 9.17) is 5.73 Å². The first-order chi connectivity index (χ1) is 8.21. The maximum absolute atomic E-state index is 11.7. The number of nitrogens with two attached hydrogens (primary N) is 1. The Kier molecular flexibility index (Phi) is 5.49. The Hall–Kier alpha value is -1.55. The van der Waals surface area contributed by atoms with E-state index in [0.717, 1.165) is 24.2 Å². The highest BCUT2D eigenvalue weighted by Gasteiger charge is 2.07. The third-order valence-corrected chi connectivity index (χ3v) is 2.75. The summed E-state index contributed by atoms with van der Waals surface area (Å²) in [5.74, 6) is 0. The second-order valence-corrected chi connectivity index (χ2v) is 3.85. The molecule has 0 saturated carbocycles. The Balaban J connectivity index is 2.46. The molecule has 0 aliphatic heterocycles. The van der Waals surface area contributed by atoms with Gasteiger partial charge in [0.15, 0.2) is 0 Å². The fourth-order valence-corrected chi connectivity index (χ4v) is 1.59. The SMILES string of the molecule is CCN(CC)C(=O)NCc1ccc(CN)cc1. The van der Waals surface area contributed by atoms with Crippen LogP contribution in [0.5, 0.6) is 0 Å². The molecular weight excluding hydrogens is 214 g/mol.